The van der Waals surface area contributed by atoms with Crippen LogP contribution in [0.1, 0.15) is 25.3 Å². The van der Waals surface area contributed by atoms with Crippen molar-refractivity contribution in [2.75, 3.05) is 25.0 Å². The largest absolute Gasteiger partial charge is 0.492 e. The average Bonchev–Trinajstić information content (AvgIpc) is 2.79. The van der Waals surface area contributed by atoms with E-state index in [0.717, 1.165) is 41.4 Å². The Morgan fingerprint density at radius 2 is 2.03 bits per heavy atom. The predicted molar refractivity (Wildman–Crippen MR) is 119 cm³/mol. The third-order valence-electron chi connectivity index (χ3n) is 5.39. The summed E-state index contributed by atoms with van der Waals surface area (Å²) >= 11 is 0. The second-order valence-corrected chi connectivity index (χ2v) is 7.72. The summed E-state index contributed by atoms with van der Waals surface area (Å²) < 4.78 is 46.6. The molecule has 2 heterocycles. The van der Waals surface area contributed by atoms with E-state index in [9.17, 15) is 13.2 Å². The van der Waals surface area contributed by atoms with Gasteiger partial charge < -0.3 is 21.1 Å². The summed E-state index contributed by atoms with van der Waals surface area (Å²) in [6.07, 6.45) is 1.48. The fourth-order valence-electron chi connectivity index (χ4n) is 3.89. The van der Waals surface area contributed by atoms with Crippen LogP contribution < -0.4 is 21.1 Å². The minimum absolute atomic E-state index is 0.00207. The van der Waals surface area contributed by atoms with Gasteiger partial charge >= 0.3 is 6.18 Å². The van der Waals surface area contributed by atoms with Crippen molar-refractivity contribution >= 4 is 5.82 Å². The fourth-order valence-corrected chi connectivity index (χ4v) is 3.89. The van der Waals surface area contributed by atoms with Gasteiger partial charge in [0.1, 0.15) is 18.2 Å². The molecular formula is C24H25F3N4O. The molecule has 32 heavy (non-hydrogen) atoms. The highest BCUT2D eigenvalue weighted by Gasteiger charge is 2.34. The van der Waals surface area contributed by atoms with E-state index >= 15 is 0 Å². The van der Waals surface area contributed by atoms with Crippen molar-refractivity contribution in [2.24, 2.45) is 5.73 Å². The molecular weight excluding hydrogens is 417 g/mol. The Balaban J connectivity index is 1.77. The summed E-state index contributed by atoms with van der Waals surface area (Å²) in [4.78, 5) is 4.53. The Labute approximate surface area is 184 Å². The van der Waals surface area contributed by atoms with Gasteiger partial charge in [0.05, 0.1) is 11.3 Å². The zero-order valence-corrected chi connectivity index (χ0v) is 17.7. The molecule has 0 spiro atoms. The first-order valence-corrected chi connectivity index (χ1v) is 10.5. The molecule has 4 rings (SSSR count). The number of aromatic nitrogens is 1. The molecule has 1 aromatic heterocycles. The molecule has 0 saturated carbocycles. The van der Waals surface area contributed by atoms with Crippen LogP contribution in [0.4, 0.5) is 19.0 Å². The average molecular weight is 442 g/mol. The minimum atomic E-state index is -4.50. The molecule has 1 aliphatic heterocycles. The number of alkyl halides is 3. The van der Waals surface area contributed by atoms with Crippen molar-refractivity contribution in [3.8, 4) is 17.0 Å². The number of nitrogens with two attached hydrogens (primary N) is 1. The molecule has 0 radical (unpaired) electrons. The third-order valence-corrected chi connectivity index (χ3v) is 5.39. The summed E-state index contributed by atoms with van der Waals surface area (Å²) in [7, 11) is 0. The maximum atomic E-state index is 13.6. The van der Waals surface area contributed by atoms with Crippen LogP contribution in [0, 0.1) is 0 Å². The number of anilines is 1. The number of allylic oxidation sites excluding steroid dienone is 3. The van der Waals surface area contributed by atoms with Gasteiger partial charge in [0, 0.05) is 42.2 Å². The van der Waals surface area contributed by atoms with E-state index in [2.05, 4.69) is 27.8 Å². The summed E-state index contributed by atoms with van der Waals surface area (Å²) in [6, 6.07) is 8.62. The van der Waals surface area contributed by atoms with Crippen molar-refractivity contribution in [3.63, 3.8) is 0 Å². The third kappa shape index (κ3) is 4.65. The zero-order valence-electron chi connectivity index (χ0n) is 17.7. The lowest BCUT2D eigenvalue weighted by atomic mass is 9.93. The normalized spacial score (nSPS) is 16.0. The number of rotatable bonds is 6. The van der Waals surface area contributed by atoms with E-state index in [0.29, 0.717) is 18.1 Å². The van der Waals surface area contributed by atoms with Crippen LogP contribution in [-0.2, 0) is 6.18 Å². The molecule has 8 heteroatoms. The van der Waals surface area contributed by atoms with E-state index in [1.54, 1.807) is 12.1 Å². The number of nitrogens with one attached hydrogen (secondary N) is 2. The Bertz CT molecular complexity index is 1100. The highest BCUT2D eigenvalue weighted by Crippen LogP contribution is 2.38. The molecule has 0 amide bonds. The van der Waals surface area contributed by atoms with Gasteiger partial charge in [0.15, 0.2) is 0 Å². The molecule has 0 saturated heterocycles. The topological polar surface area (TPSA) is 72.2 Å². The van der Waals surface area contributed by atoms with Crippen LogP contribution in [0.25, 0.3) is 11.3 Å². The smallest absolute Gasteiger partial charge is 0.417 e. The highest BCUT2D eigenvalue weighted by molar-refractivity contribution is 5.69. The maximum Gasteiger partial charge on any atom is 0.417 e. The standard InChI is InChI=1S/C24H25F3N4O/c1-15-14-29-20-9-5-3-7-18(20)23(15)31-22-13-16(32-11-10-28)12-21(30-22)17-6-2-4-8-19(17)24(25,26)27/h2,4-6,8-9,12-13,29H,3,7,10-11,14,28H2,1H3,(H,30,31). The number of hydrogen-bond acceptors (Lipinski definition) is 5. The van der Waals surface area contributed by atoms with Crippen molar-refractivity contribution in [2.45, 2.75) is 25.9 Å². The number of dihydropyridines is 1. The number of ether oxygens (including phenoxy) is 1. The molecule has 1 aliphatic carbocycles. The van der Waals surface area contributed by atoms with Gasteiger partial charge in [-0.15, -0.1) is 0 Å². The van der Waals surface area contributed by atoms with Crippen LogP contribution in [0.2, 0.25) is 0 Å². The molecule has 2 aliphatic rings. The Morgan fingerprint density at radius 1 is 1.22 bits per heavy atom. The maximum absolute atomic E-state index is 13.6. The highest BCUT2D eigenvalue weighted by atomic mass is 19.4. The van der Waals surface area contributed by atoms with E-state index in [-0.39, 0.29) is 24.4 Å². The summed E-state index contributed by atoms with van der Waals surface area (Å²) in [5, 5.41) is 6.76. The van der Waals surface area contributed by atoms with E-state index < -0.39 is 11.7 Å². The molecule has 168 valence electrons. The van der Waals surface area contributed by atoms with Gasteiger partial charge in [0.25, 0.3) is 0 Å². The lowest BCUT2D eigenvalue weighted by Gasteiger charge is -2.28. The lowest BCUT2D eigenvalue weighted by Crippen LogP contribution is -2.27. The van der Waals surface area contributed by atoms with E-state index in [4.69, 9.17) is 10.5 Å². The fraction of sp³-hybridized carbons (Fsp3) is 0.292. The zero-order chi connectivity index (χ0) is 22.7. The van der Waals surface area contributed by atoms with Crippen LogP contribution >= 0.6 is 0 Å². The second-order valence-electron chi connectivity index (χ2n) is 7.72. The van der Waals surface area contributed by atoms with Gasteiger partial charge in [-0.2, -0.15) is 13.2 Å². The summed E-state index contributed by atoms with van der Waals surface area (Å²) in [5.74, 6) is 0.828. The van der Waals surface area contributed by atoms with E-state index in [1.165, 1.54) is 18.2 Å². The van der Waals surface area contributed by atoms with Crippen LogP contribution in [-0.4, -0.2) is 24.7 Å². The summed E-state index contributed by atoms with van der Waals surface area (Å²) in [5.41, 5.74) is 9.24. The molecule has 0 fully saturated rings. The van der Waals surface area contributed by atoms with Crippen molar-refractivity contribution in [3.05, 3.63) is 76.7 Å². The number of benzene rings is 1. The first-order valence-electron chi connectivity index (χ1n) is 10.5. The Hall–Kier alpha value is -3.26. The van der Waals surface area contributed by atoms with Crippen LogP contribution in [0.15, 0.2) is 71.1 Å². The molecule has 4 N–H and O–H groups in total. The molecule has 5 nitrogen and oxygen atoms in total. The SMILES string of the molecule is CC1=C(Nc2cc(OCCN)cc(-c3ccccc3C(F)(F)F)n2)C2=C(C=CCC2)NC1. The summed E-state index contributed by atoms with van der Waals surface area (Å²) in [6.45, 7) is 3.23. The molecule has 0 atom stereocenters. The van der Waals surface area contributed by atoms with Gasteiger partial charge in [0.2, 0.25) is 0 Å². The molecule has 2 aromatic rings. The Morgan fingerprint density at radius 3 is 2.81 bits per heavy atom. The minimum Gasteiger partial charge on any atom is -0.492 e. The van der Waals surface area contributed by atoms with Crippen molar-refractivity contribution < 1.29 is 17.9 Å². The number of pyridine rings is 1. The molecule has 0 bridgehead atoms. The number of hydrogen-bond donors (Lipinski definition) is 3. The Kier molecular flexibility index (Phi) is 6.23. The van der Waals surface area contributed by atoms with E-state index in [1.807, 2.05) is 6.92 Å². The number of halogens is 3. The first kappa shape index (κ1) is 22.0. The predicted octanol–water partition coefficient (Wildman–Crippen LogP) is 5.00. The van der Waals surface area contributed by atoms with Gasteiger partial charge in [-0.1, -0.05) is 24.3 Å². The molecule has 0 unspecified atom stereocenters. The first-order chi connectivity index (χ1) is 15.4. The number of nitrogens with zero attached hydrogens (tertiary/aromatic N) is 1. The van der Waals surface area contributed by atoms with Gasteiger partial charge in [-0.05, 0) is 43.1 Å². The monoisotopic (exact) mass is 442 g/mol. The van der Waals surface area contributed by atoms with Gasteiger partial charge in [-0.3, -0.25) is 0 Å². The lowest BCUT2D eigenvalue weighted by molar-refractivity contribution is -0.137. The molecule has 1 aromatic carbocycles. The second kappa shape index (κ2) is 9.08. The quantitative estimate of drug-likeness (QED) is 0.587. The van der Waals surface area contributed by atoms with Crippen molar-refractivity contribution in [1.29, 1.82) is 0 Å². The van der Waals surface area contributed by atoms with Crippen LogP contribution in [0.3, 0.4) is 0 Å². The van der Waals surface area contributed by atoms with Crippen molar-refractivity contribution in [1.82, 2.24) is 10.3 Å². The van der Waals surface area contributed by atoms with Gasteiger partial charge in [-0.25, -0.2) is 4.98 Å². The van der Waals surface area contributed by atoms with Crippen LogP contribution in [0.5, 0.6) is 5.75 Å².